The van der Waals surface area contributed by atoms with E-state index in [1.54, 1.807) is 6.33 Å². The SMILES string of the molecule is Clc1ccc(-c2cc(CN[C@@H]3CCc4ncnn4C3)on2)cc1. The van der Waals surface area contributed by atoms with Crippen molar-refractivity contribution in [3.63, 3.8) is 0 Å². The second-order valence-corrected chi connectivity index (χ2v) is 6.10. The highest BCUT2D eigenvalue weighted by Gasteiger charge is 2.19. The Balaban J connectivity index is 1.38. The molecule has 0 spiro atoms. The van der Waals surface area contributed by atoms with E-state index >= 15 is 0 Å². The third kappa shape index (κ3) is 3.13. The summed E-state index contributed by atoms with van der Waals surface area (Å²) in [6.07, 6.45) is 3.62. The van der Waals surface area contributed by atoms with Gasteiger partial charge in [0.1, 0.15) is 17.8 Å². The summed E-state index contributed by atoms with van der Waals surface area (Å²) in [5.74, 6) is 1.88. The standard InChI is InChI=1S/C16H16ClN5O/c17-12-3-1-11(2-4-12)15-7-14(23-21-15)8-18-13-5-6-16-19-10-20-22(16)9-13/h1-4,7,10,13,18H,5-6,8-9H2/t13-/m1/s1. The average molecular weight is 330 g/mol. The largest absolute Gasteiger partial charge is 0.359 e. The zero-order valence-corrected chi connectivity index (χ0v) is 13.2. The summed E-state index contributed by atoms with van der Waals surface area (Å²) >= 11 is 5.90. The summed E-state index contributed by atoms with van der Waals surface area (Å²) in [6, 6.07) is 9.89. The second-order valence-electron chi connectivity index (χ2n) is 5.66. The molecular formula is C16H16ClN5O. The van der Waals surface area contributed by atoms with E-state index in [0.29, 0.717) is 17.6 Å². The number of fused-ring (bicyclic) bond motifs is 1. The van der Waals surface area contributed by atoms with Gasteiger partial charge in [-0.25, -0.2) is 9.67 Å². The highest BCUT2D eigenvalue weighted by atomic mass is 35.5. The maximum absolute atomic E-state index is 5.90. The van der Waals surface area contributed by atoms with Crippen LogP contribution in [0.15, 0.2) is 41.2 Å². The van der Waals surface area contributed by atoms with Gasteiger partial charge >= 0.3 is 0 Å². The van der Waals surface area contributed by atoms with Gasteiger partial charge in [0.2, 0.25) is 0 Å². The average Bonchev–Trinajstić information content (AvgIpc) is 3.22. The van der Waals surface area contributed by atoms with Gasteiger partial charge < -0.3 is 9.84 Å². The molecule has 0 saturated carbocycles. The molecule has 0 fully saturated rings. The quantitative estimate of drug-likeness (QED) is 0.797. The van der Waals surface area contributed by atoms with E-state index in [1.807, 2.05) is 35.0 Å². The molecule has 1 aliphatic heterocycles. The Morgan fingerprint density at radius 3 is 3.04 bits per heavy atom. The first-order valence-corrected chi connectivity index (χ1v) is 7.97. The number of rotatable bonds is 4. The maximum Gasteiger partial charge on any atom is 0.151 e. The van der Waals surface area contributed by atoms with E-state index in [9.17, 15) is 0 Å². The summed E-state index contributed by atoms with van der Waals surface area (Å²) in [6.45, 7) is 1.49. The van der Waals surface area contributed by atoms with Gasteiger partial charge in [0.15, 0.2) is 5.76 Å². The lowest BCUT2D eigenvalue weighted by Gasteiger charge is -2.23. The Morgan fingerprint density at radius 2 is 2.17 bits per heavy atom. The van der Waals surface area contributed by atoms with Gasteiger partial charge in [-0.05, 0) is 18.6 Å². The van der Waals surface area contributed by atoms with Gasteiger partial charge in [0, 0.05) is 29.1 Å². The van der Waals surface area contributed by atoms with Crippen molar-refractivity contribution < 1.29 is 4.52 Å². The number of halogens is 1. The fourth-order valence-electron chi connectivity index (χ4n) is 2.80. The van der Waals surface area contributed by atoms with Crippen LogP contribution < -0.4 is 5.32 Å². The molecule has 6 nitrogen and oxygen atoms in total. The van der Waals surface area contributed by atoms with Crippen molar-refractivity contribution in [3.8, 4) is 11.3 Å². The molecule has 0 bridgehead atoms. The maximum atomic E-state index is 5.90. The molecule has 3 aromatic rings. The lowest BCUT2D eigenvalue weighted by molar-refractivity contribution is 0.325. The molecule has 23 heavy (non-hydrogen) atoms. The van der Waals surface area contributed by atoms with Crippen LogP contribution in [-0.2, 0) is 19.5 Å². The third-order valence-corrected chi connectivity index (χ3v) is 4.32. The molecule has 4 rings (SSSR count). The fraction of sp³-hybridized carbons (Fsp3) is 0.312. The van der Waals surface area contributed by atoms with E-state index in [4.69, 9.17) is 16.1 Å². The first kappa shape index (κ1) is 14.4. The molecule has 0 amide bonds. The first-order chi connectivity index (χ1) is 11.3. The highest BCUT2D eigenvalue weighted by molar-refractivity contribution is 6.30. The summed E-state index contributed by atoms with van der Waals surface area (Å²) in [5.41, 5.74) is 1.81. The molecule has 0 unspecified atom stereocenters. The molecule has 1 aliphatic rings. The smallest absolute Gasteiger partial charge is 0.151 e. The number of nitrogens with one attached hydrogen (secondary N) is 1. The number of aryl methyl sites for hydroxylation is 1. The Bertz CT molecular complexity index is 795. The predicted octanol–water partition coefficient (Wildman–Crippen LogP) is 2.69. The van der Waals surface area contributed by atoms with Crippen molar-refractivity contribution in [1.29, 1.82) is 0 Å². The summed E-state index contributed by atoms with van der Waals surface area (Å²) in [7, 11) is 0. The summed E-state index contributed by atoms with van der Waals surface area (Å²) in [5, 5.41) is 12.6. The lowest BCUT2D eigenvalue weighted by atomic mass is 10.1. The molecule has 3 heterocycles. The molecule has 1 N–H and O–H groups in total. The monoisotopic (exact) mass is 329 g/mol. The van der Waals surface area contributed by atoms with Gasteiger partial charge in [-0.2, -0.15) is 5.10 Å². The van der Waals surface area contributed by atoms with Crippen LogP contribution in [0.4, 0.5) is 0 Å². The minimum atomic E-state index is 0.369. The van der Waals surface area contributed by atoms with Crippen LogP contribution in [0.25, 0.3) is 11.3 Å². The van der Waals surface area contributed by atoms with Crippen molar-refractivity contribution in [2.75, 3.05) is 0 Å². The van der Waals surface area contributed by atoms with Crippen LogP contribution in [0.5, 0.6) is 0 Å². The van der Waals surface area contributed by atoms with Crippen LogP contribution in [0.2, 0.25) is 5.02 Å². The van der Waals surface area contributed by atoms with Crippen LogP contribution in [-0.4, -0.2) is 26.0 Å². The molecule has 0 radical (unpaired) electrons. The highest BCUT2D eigenvalue weighted by Crippen LogP contribution is 2.21. The molecule has 118 valence electrons. The Hall–Kier alpha value is -2.18. The van der Waals surface area contributed by atoms with Crippen molar-refractivity contribution in [2.24, 2.45) is 0 Å². The molecule has 1 aromatic carbocycles. The third-order valence-electron chi connectivity index (χ3n) is 4.07. The van der Waals surface area contributed by atoms with Crippen molar-refractivity contribution in [3.05, 3.63) is 53.3 Å². The lowest BCUT2D eigenvalue weighted by Crippen LogP contribution is -2.37. The normalized spacial score (nSPS) is 17.2. The molecule has 2 aromatic heterocycles. The van der Waals surface area contributed by atoms with Crippen LogP contribution in [0, 0.1) is 0 Å². The van der Waals surface area contributed by atoms with Crippen LogP contribution in [0.3, 0.4) is 0 Å². The number of hydrogen-bond acceptors (Lipinski definition) is 5. The van der Waals surface area contributed by atoms with Crippen molar-refractivity contribution in [1.82, 2.24) is 25.2 Å². The minimum absolute atomic E-state index is 0.369. The predicted molar refractivity (Wildman–Crippen MR) is 85.9 cm³/mol. The van der Waals surface area contributed by atoms with E-state index in [-0.39, 0.29) is 0 Å². The van der Waals surface area contributed by atoms with Gasteiger partial charge in [0.05, 0.1) is 13.1 Å². The Kier molecular flexibility index (Phi) is 3.85. The van der Waals surface area contributed by atoms with Gasteiger partial charge in [-0.15, -0.1) is 0 Å². The Labute approximate surface area is 138 Å². The second kappa shape index (κ2) is 6.14. The van der Waals surface area contributed by atoms with Gasteiger partial charge in [0.25, 0.3) is 0 Å². The van der Waals surface area contributed by atoms with Gasteiger partial charge in [-0.3, -0.25) is 0 Å². The van der Waals surface area contributed by atoms with E-state index < -0.39 is 0 Å². The Morgan fingerprint density at radius 1 is 1.30 bits per heavy atom. The topological polar surface area (TPSA) is 68.8 Å². The number of benzene rings is 1. The van der Waals surface area contributed by atoms with Crippen molar-refractivity contribution >= 4 is 11.6 Å². The molecule has 0 aliphatic carbocycles. The van der Waals surface area contributed by atoms with E-state index in [1.165, 1.54) is 0 Å². The fourth-order valence-corrected chi connectivity index (χ4v) is 2.93. The van der Waals surface area contributed by atoms with Crippen LogP contribution in [0.1, 0.15) is 18.0 Å². The minimum Gasteiger partial charge on any atom is -0.359 e. The molecule has 7 heteroatoms. The van der Waals surface area contributed by atoms with Crippen molar-refractivity contribution in [2.45, 2.75) is 32.0 Å². The van der Waals surface area contributed by atoms with E-state index in [2.05, 4.69) is 20.6 Å². The first-order valence-electron chi connectivity index (χ1n) is 7.59. The van der Waals surface area contributed by atoms with Crippen LogP contribution >= 0.6 is 11.6 Å². The zero-order valence-electron chi connectivity index (χ0n) is 12.4. The van der Waals surface area contributed by atoms with Gasteiger partial charge in [-0.1, -0.05) is 28.9 Å². The molecular weight excluding hydrogens is 314 g/mol. The number of nitrogens with zero attached hydrogens (tertiary/aromatic N) is 4. The molecule has 1 atom stereocenters. The zero-order chi connectivity index (χ0) is 15.6. The summed E-state index contributed by atoms with van der Waals surface area (Å²) in [4.78, 5) is 4.24. The summed E-state index contributed by atoms with van der Waals surface area (Å²) < 4.78 is 7.37. The van der Waals surface area contributed by atoms with E-state index in [0.717, 1.165) is 42.2 Å². The number of hydrogen-bond donors (Lipinski definition) is 1. The number of aromatic nitrogens is 4. The molecule has 0 saturated heterocycles.